The minimum Gasteiger partial charge on any atom is -0.508 e. The molecule has 1 aromatic carbocycles. The molecule has 1 aliphatic rings. The van der Waals surface area contributed by atoms with E-state index < -0.39 is 0 Å². The molecule has 1 fully saturated rings. The Bertz CT molecular complexity index is 428. The number of hydrogen-bond acceptors (Lipinski definition) is 3. The van der Waals surface area contributed by atoms with Gasteiger partial charge in [0.1, 0.15) is 11.5 Å². The van der Waals surface area contributed by atoms with E-state index in [1.165, 1.54) is 19.3 Å². The summed E-state index contributed by atoms with van der Waals surface area (Å²) < 4.78 is 6.09. The first-order valence-electron chi connectivity index (χ1n) is 6.40. The minimum atomic E-state index is -0.0870. The van der Waals surface area contributed by atoms with Gasteiger partial charge < -0.3 is 15.6 Å². The summed E-state index contributed by atoms with van der Waals surface area (Å²) in [6, 6.07) is 3.64. The van der Waals surface area contributed by atoms with Gasteiger partial charge in [0.05, 0.1) is 11.6 Å². The Kier molecular flexibility index (Phi) is 4.17. The van der Waals surface area contributed by atoms with Crippen LogP contribution < -0.4 is 10.5 Å². The van der Waals surface area contributed by atoms with Crippen molar-refractivity contribution in [1.82, 2.24) is 0 Å². The van der Waals surface area contributed by atoms with Crippen molar-refractivity contribution in [1.29, 1.82) is 0 Å². The second-order valence-electron chi connectivity index (χ2n) is 5.05. The van der Waals surface area contributed by atoms with Gasteiger partial charge in [0.2, 0.25) is 0 Å². The Balaban J connectivity index is 2.47. The summed E-state index contributed by atoms with van der Waals surface area (Å²) in [5.74, 6) is 1.07. The lowest BCUT2D eigenvalue weighted by atomic mass is 9.69. The lowest BCUT2D eigenvalue weighted by molar-refractivity contribution is 0.289. The maximum Gasteiger partial charge on any atom is 0.133 e. The highest BCUT2D eigenvalue weighted by Crippen LogP contribution is 2.45. The molecule has 0 heterocycles. The fourth-order valence-electron chi connectivity index (χ4n) is 2.94. The predicted octanol–water partition coefficient (Wildman–Crippen LogP) is 3.32. The second-order valence-corrected chi connectivity index (χ2v) is 5.90. The molecule has 0 aromatic heterocycles. The number of phenols is 1. The van der Waals surface area contributed by atoms with Crippen LogP contribution in [0.2, 0.25) is 0 Å². The Labute approximate surface area is 116 Å². The quantitative estimate of drug-likeness (QED) is 0.900. The van der Waals surface area contributed by atoms with E-state index in [2.05, 4.69) is 15.9 Å². The first-order chi connectivity index (χ1) is 8.63. The molecule has 18 heavy (non-hydrogen) atoms. The molecule has 0 bridgehead atoms. The number of methoxy groups -OCH3 is 1. The maximum absolute atomic E-state index is 10.2. The second kappa shape index (κ2) is 5.49. The molecule has 100 valence electrons. The van der Waals surface area contributed by atoms with Crippen LogP contribution in [-0.4, -0.2) is 18.8 Å². The molecule has 3 nitrogen and oxygen atoms in total. The molecule has 0 radical (unpaired) electrons. The highest BCUT2D eigenvalue weighted by molar-refractivity contribution is 9.10. The smallest absolute Gasteiger partial charge is 0.133 e. The fourth-order valence-corrected chi connectivity index (χ4v) is 3.43. The zero-order chi connectivity index (χ0) is 13.2. The third kappa shape index (κ3) is 2.36. The highest BCUT2D eigenvalue weighted by Gasteiger charge is 2.35. The summed E-state index contributed by atoms with van der Waals surface area (Å²) in [7, 11) is 1.64. The number of ether oxygens (including phenoxy) is 1. The third-order valence-corrected chi connectivity index (χ3v) is 4.66. The van der Waals surface area contributed by atoms with Gasteiger partial charge in [-0.25, -0.2) is 0 Å². The van der Waals surface area contributed by atoms with Gasteiger partial charge in [-0.2, -0.15) is 0 Å². The van der Waals surface area contributed by atoms with Crippen LogP contribution in [0.25, 0.3) is 0 Å². The van der Waals surface area contributed by atoms with Crippen molar-refractivity contribution in [3.63, 3.8) is 0 Å². The van der Waals surface area contributed by atoms with Gasteiger partial charge in [0.15, 0.2) is 0 Å². The summed E-state index contributed by atoms with van der Waals surface area (Å²) in [6.07, 6.45) is 5.70. The van der Waals surface area contributed by atoms with Crippen molar-refractivity contribution in [2.45, 2.75) is 37.5 Å². The van der Waals surface area contributed by atoms with E-state index in [1.807, 2.05) is 6.07 Å². The number of benzene rings is 1. The van der Waals surface area contributed by atoms with Crippen LogP contribution in [0, 0.1) is 0 Å². The molecule has 1 aliphatic carbocycles. The van der Waals surface area contributed by atoms with Crippen LogP contribution in [0.15, 0.2) is 16.6 Å². The maximum atomic E-state index is 10.2. The predicted molar refractivity (Wildman–Crippen MR) is 76.2 cm³/mol. The summed E-state index contributed by atoms with van der Waals surface area (Å²) >= 11 is 3.39. The van der Waals surface area contributed by atoms with Crippen LogP contribution in [0.1, 0.15) is 37.7 Å². The molecular weight excluding hydrogens is 294 g/mol. The Morgan fingerprint density at radius 1 is 1.33 bits per heavy atom. The lowest BCUT2D eigenvalue weighted by Crippen LogP contribution is -2.37. The van der Waals surface area contributed by atoms with Crippen molar-refractivity contribution in [3.05, 3.63) is 22.2 Å². The summed E-state index contributed by atoms with van der Waals surface area (Å²) in [5, 5.41) is 10.2. The summed E-state index contributed by atoms with van der Waals surface area (Å²) in [6.45, 7) is 0.575. The Hall–Kier alpha value is -0.740. The number of phenolic OH excluding ortho intramolecular Hbond substituents is 1. The van der Waals surface area contributed by atoms with E-state index in [-0.39, 0.29) is 5.41 Å². The zero-order valence-electron chi connectivity index (χ0n) is 10.7. The van der Waals surface area contributed by atoms with Gasteiger partial charge in [0, 0.05) is 17.5 Å². The molecular formula is C14H20BrNO2. The summed E-state index contributed by atoms with van der Waals surface area (Å²) in [5.41, 5.74) is 6.85. The molecule has 4 heteroatoms. The zero-order valence-corrected chi connectivity index (χ0v) is 12.3. The average Bonchev–Trinajstić information content (AvgIpc) is 2.39. The van der Waals surface area contributed by atoms with Crippen molar-refractivity contribution in [2.75, 3.05) is 13.7 Å². The van der Waals surface area contributed by atoms with E-state index in [9.17, 15) is 5.11 Å². The third-order valence-electron chi connectivity index (χ3n) is 4.04. The van der Waals surface area contributed by atoms with E-state index in [4.69, 9.17) is 10.5 Å². The van der Waals surface area contributed by atoms with Crippen molar-refractivity contribution in [3.8, 4) is 11.5 Å². The van der Waals surface area contributed by atoms with Gasteiger partial charge in [-0.3, -0.25) is 0 Å². The van der Waals surface area contributed by atoms with Gasteiger partial charge in [-0.05, 0) is 40.9 Å². The van der Waals surface area contributed by atoms with Crippen LogP contribution in [0.4, 0.5) is 0 Å². The monoisotopic (exact) mass is 313 g/mol. The number of rotatable bonds is 3. The minimum absolute atomic E-state index is 0.0870. The largest absolute Gasteiger partial charge is 0.508 e. The van der Waals surface area contributed by atoms with Gasteiger partial charge in [-0.15, -0.1) is 0 Å². The van der Waals surface area contributed by atoms with E-state index in [1.54, 1.807) is 13.2 Å². The Morgan fingerprint density at radius 3 is 2.56 bits per heavy atom. The van der Waals surface area contributed by atoms with Crippen molar-refractivity contribution < 1.29 is 9.84 Å². The lowest BCUT2D eigenvalue weighted by Gasteiger charge is -2.37. The topological polar surface area (TPSA) is 55.5 Å². The summed E-state index contributed by atoms with van der Waals surface area (Å²) in [4.78, 5) is 0. The van der Waals surface area contributed by atoms with Crippen molar-refractivity contribution in [2.24, 2.45) is 5.73 Å². The van der Waals surface area contributed by atoms with Crippen LogP contribution in [0.3, 0.4) is 0 Å². The molecule has 1 saturated carbocycles. The van der Waals surface area contributed by atoms with Gasteiger partial charge >= 0.3 is 0 Å². The number of nitrogens with two attached hydrogens (primary N) is 1. The number of aromatic hydroxyl groups is 1. The van der Waals surface area contributed by atoms with E-state index in [0.717, 1.165) is 28.6 Å². The number of hydrogen-bond donors (Lipinski definition) is 2. The first-order valence-corrected chi connectivity index (χ1v) is 7.19. The molecule has 0 spiro atoms. The fraction of sp³-hybridized carbons (Fsp3) is 0.571. The molecule has 0 saturated heterocycles. The number of halogens is 1. The normalized spacial score (nSPS) is 18.6. The van der Waals surface area contributed by atoms with Gasteiger partial charge in [0.25, 0.3) is 0 Å². The SMILES string of the molecule is COc1cc(C2(CN)CCCCC2)c(O)cc1Br. The molecule has 0 aliphatic heterocycles. The van der Waals surface area contributed by atoms with Crippen LogP contribution in [0.5, 0.6) is 11.5 Å². The average molecular weight is 314 g/mol. The van der Waals surface area contributed by atoms with Crippen LogP contribution >= 0.6 is 15.9 Å². The molecule has 1 aromatic rings. The first kappa shape index (κ1) is 13.7. The Morgan fingerprint density at radius 2 is 2.00 bits per heavy atom. The standard InChI is InChI=1S/C14H20BrNO2/c1-18-13-7-10(12(17)8-11(13)15)14(9-16)5-3-2-4-6-14/h7-8,17H,2-6,9,16H2,1H3. The van der Waals surface area contributed by atoms with Gasteiger partial charge in [-0.1, -0.05) is 19.3 Å². The van der Waals surface area contributed by atoms with E-state index >= 15 is 0 Å². The molecule has 0 atom stereocenters. The van der Waals surface area contributed by atoms with Crippen LogP contribution in [-0.2, 0) is 5.41 Å². The molecule has 0 unspecified atom stereocenters. The molecule has 2 rings (SSSR count). The molecule has 3 N–H and O–H groups in total. The van der Waals surface area contributed by atoms with Crippen molar-refractivity contribution >= 4 is 15.9 Å². The van der Waals surface area contributed by atoms with E-state index in [0.29, 0.717) is 12.3 Å². The molecule has 0 amide bonds. The highest BCUT2D eigenvalue weighted by atomic mass is 79.9.